The van der Waals surface area contributed by atoms with Crippen molar-refractivity contribution in [2.75, 3.05) is 11.5 Å². The second kappa shape index (κ2) is 6.90. The van der Waals surface area contributed by atoms with Gasteiger partial charge in [0, 0.05) is 16.8 Å². The summed E-state index contributed by atoms with van der Waals surface area (Å²) in [6.07, 6.45) is 0. The van der Waals surface area contributed by atoms with Crippen molar-refractivity contribution in [3.8, 4) is 5.75 Å². The lowest BCUT2D eigenvalue weighted by Gasteiger charge is -2.23. The van der Waals surface area contributed by atoms with Crippen LogP contribution in [0.15, 0.2) is 53.4 Å². The van der Waals surface area contributed by atoms with Gasteiger partial charge in [0.25, 0.3) is 11.1 Å². The van der Waals surface area contributed by atoms with E-state index < -0.39 is 22.6 Å². The van der Waals surface area contributed by atoms with Crippen molar-refractivity contribution in [1.29, 1.82) is 0 Å². The van der Waals surface area contributed by atoms with Crippen molar-refractivity contribution < 1.29 is 18.0 Å². The lowest BCUT2D eigenvalue weighted by Crippen LogP contribution is -2.29. The highest BCUT2D eigenvalue weighted by Gasteiger charge is 2.36. The molecule has 1 aliphatic rings. The Morgan fingerprint density at radius 2 is 1.38 bits per heavy atom. The van der Waals surface area contributed by atoms with E-state index in [9.17, 15) is 13.8 Å². The summed E-state index contributed by atoms with van der Waals surface area (Å²) in [6.45, 7) is 1.90. The van der Waals surface area contributed by atoms with E-state index in [1.54, 1.807) is 42.5 Å². The molecule has 0 spiro atoms. The van der Waals surface area contributed by atoms with Crippen LogP contribution in [0, 0.1) is 6.92 Å². The molecule has 4 N–H and O–H groups in total. The molecule has 6 nitrogen and oxygen atoms in total. The Morgan fingerprint density at radius 1 is 0.862 bits per heavy atom. The monoisotopic (exact) mass is 403 g/mol. The molecule has 29 heavy (non-hydrogen) atoms. The van der Waals surface area contributed by atoms with E-state index >= 15 is 0 Å². The molecule has 1 atom stereocenters. The second-order valence-electron chi connectivity index (χ2n) is 6.71. The van der Waals surface area contributed by atoms with E-state index in [4.69, 9.17) is 23.5 Å². The predicted molar refractivity (Wildman–Crippen MR) is 113 cm³/mol. The summed E-state index contributed by atoms with van der Waals surface area (Å²) in [6, 6.07) is 13.3. The predicted octanol–water partition coefficient (Wildman–Crippen LogP) is 1.78. The number of aryl methyl sites for hydroxylation is 1. The molecule has 3 aromatic carbocycles. The van der Waals surface area contributed by atoms with Crippen LogP contribution in [-0.4, -0.2) is 19.4 Å². The van der Waals surface area contributed by atoms with E-state index in [0.29, 0.717) is 4.90 Å². The summed E-state index contributed by atoms with van der Waals surface area (Å²) in [5, 5.41) is 0. The first-order valence-electron chi connectivity index (χ1n) is 8.72. The zero-order valence-corrected chi connectivity index (χ0v) is 16.3. The van der Waals surface area contributed by atoms with Crippen LogP contribution >= 0.6 is 0 Å². The maximum atomic E-state index is 13.0. The highest BCUT2D eigenvalue weighted by Crippen LogP contribution is 2.38. The number of hydrogen-bond acceptors (Lipinski definition) is 6. The van der Waals surface area contributed by atoms with E-state index in [0.717, 1.165) is 5.56 Å². The first-order valence-corrected chi connectivity index (χ1v) is 9.89. The van der Waals surface area contributed by atoms with Crippen molar-refractivity contribution in [2.45, 2.75) is 11.8 Å². The standard InChI is InChI=1S/C21H15BN2O4S/c1-10-6-8-11(9-7-10)29(27)28-21-16(22)17(23)14-15(18(21)24)20(26)13-5-3-2-4-12(13)19(14)25/h2-9H,23-24H2,1H3/p+1. The maximum Gasteiger partial charge on any atom is 0.280 e. The number of ketones is 2. The molecule has 0 saturated carbocycles. The van der Waals surface area contributed by atoms with E-state index in [1.165, 1.54) is 6.07 Å². The molecule has 0 fully saturated rings. The molecule has 0 aromatic heterocycles. The van der Waals surface area contributed by atoms with Crippen LogP contribution in [-0.2, 0) is 15.3 Å². The van der Waals surface area contributed by atoms with Crippen LogP contribution in [0.25, 0.3) is 0 Å². The summed E-state index contributed by atoms with van der Waals surface area (Å²) in [5.74, 6) is -1.07. The normalized spacial score (nSPS) is 13.6. The van der Waals surface area contributed by atoms with Crippen molar-refractivity contribution in [3.63, 3.8) is 0 Å². The highest BCUT2D eigenvalue weighted by molar-refractivity contribution is 7.80. The number of thiol groups is 1. The topological polar surface area (TPSA) is 112 Å². The summed E-state index contributed by atoms with van der Waals surface area (Å²) in [5.41, 5.74) is 13.2. The lowest BCUT2D eigenvalue weighted by molar-refractivity contribution is 0.0980. The van der Waals surface area contributed by atoms with E-state index in [2.05, 4.69) is 0 Å². The molecule has 0 saturated heterocycles. The Balaban J connectivity index is 1.85. The number of hydrogen-bond donors (Lipinski definition) is 2. The van der Waals surface area contributed by atoms with Crippen molar-refractivity contribution in [3.05, 3.63) is 76.3 Å². The second-order valence-corrected chi connectivity index (χ2v) is 7.92. The van der Waals surface area contributed by atoms with Gasteiger partial charge < -0.3 is 11.5 Å². The Labute approximate surface area is 170 Å². The van der Waals surface area contributed by atoms with Gasteiger partial charge in [-0.2, -0.15) is 0 Å². The molecule has 0 aliphatic heterocycles. The number of fused-ring (bicyclic) bond motifs is 2. The zero-order valence-electron chi connectivity index (χ0n) is 15.4. The van der Waals surface area contributed by atoms with Gasteiger partial charge in [-0.05, 0) is 24.5 Å². The number of carbonyl (C=O) groups excluding carboxylic acids is 2. The third-order valence-electron chi connectivity index (χ3n) is 4.86. The lowest BCUT2D eigenvalue weighted by atomic mass is 9.78. The van der Waals surface area contributed by atoms with Gasteiger partial charge in [0.15, 0.2) is 16.5 Å². The number of nitrogens with two attached hydrogens (primary N) is 2. The fraction of sp³-hybridized carbons (Fsp3) is 0.0476. The molecule has 0 amide bonds. The molecular weight excluding hydrogens is 387 g/mol. The van der Waals surface area contributed by atoms with Gasteiger partial charge >= 0.3 is 0 Å². The first kappa shape index (κ1) is 19.0. The molecule has 1 aliphatic carbocycles. The van der Waals surface area contributed by atoms with Gasteiger partial charge in [-0.25, -0.2) is 0 Å². The molecular formula is C21H16BN2O4S+. The van der Waals surface area contributed by atoms with Crippen molar-refractivity contribution in [1.82, 2.24) is 0 Å². The van der Waals surface area contributed by atoms with Crippen LogP contribution in [0.3, 0.4) is 0 Å². The van der Waals surface area contributed by atoms with Gasteiger partial charge in [-0.15, -0.1) is 0 Å². The van der Waals surface area contributed by atoms with E-state index in [-0.39, 0.29) is 44.8 Å². The van der Waals surface area contributed by atoms with Gasteiger partial charge in [0.1, 0.15) is 7.85 Å². The average molecular weight is 403 g/mol. The molecule has 1 unspecified atom stereocenters. The van der Waals surface area contributed by atoms with Crippen LogP contribution < -0.4 is 21.1 Å². The summed E-state index contributed by atoms with van der Waals surface area (Å²) in [7, 11) is 6.06. The van der Waals surface area contributed by atoms with Gasteiger partial charge in [-0.1, -0.05) is 46.2 Å². The summed E-state index contributed by atoms with van der Waals surface area (Å²) in [4.78, 5) is 26.4. The first-order chi connectivity index (χ1) is 13.8. The van der Waals surface area contributed by atoms with Crippen LogP contribution in [0.4, 0.5) is 11.4 Å². The summed E-state index contributed by atoms with van der Waals surface area (Å²) < 4.78 is 18.2. The Morgan fingerprint density at radius 3 is 1.93 bits per heavy atom. The molecule has 0 bridgehead atoms. The fourth-order valence-corrected chi connectivity index (χ4v) is 4.17. The van der Waals surface area contributed by atoms with Crippen molar-refractivity contribution in [2.24, 2.45) is 0 Å². The average Bonchev–Trinajstić information content (AvgIpc) is 2.72. The molecule has 2 radical (unpaired) electrons. The fourth-order valence-electron chi connectivity index (χ4n) is 3.31. The van der Waals surface area contributed by atoms with Crippen molar-refractivity contribution >= 4 is 47.3 Å². The smallest absolute Gasteiger partial charge is 0.280 e. The number of benzene rings is 3. The third-order valence-corrected chi connectivity index (χ3v) is 5.93. The molecule has 8 heteroatoms. The minimum atomic E-state index is -2.36. The molecule has 4 rings (SSSR count). The van der Waals surface area contributed by atoms with Gasteiger partial charge in [0.2, 0.25) is 5.75 Å². The van der Waals surface area contributed by atoms with Crippen LogP contribution in [0.1, 0.15) is 37.4 Å². The number of carbonyl (C=O) groups is 2. The third kappa shape index (κ3) is 2.92. The van der Waals surface area contributed by atoms with Gasteiger partial charge in [-0.3, -0.25) is 13.8 Å². The highest BCUT2D eigenvalue weighted by atomic mass is 32.2. The Hall–Kier alpha value is -3.39. The Kier molecular flexibility index (Phi) is 4.51. The van der Waals surface area contributed by atoms with Crippen LogP contribution in [0.2, 0.25) is 0 Å². The SMILES string of the molecule is [B]c1c(N)c2c(c(N)c1O[SH+](=O)c1ccc(C)cc1)C(=O)c1ccccc1C2=O. The number of nitrogen functional groups attached to an aromatic ring is 2. The zero-order chi connectivity index (χ0) is 20.9. The number of rotatable bonds is 3. The Bertz CT molecular complexity index is 1220. The maximum absolute atomic E-state index is 13.0. The van der Waals surface area contributed by atoms with Crippen LogP contribution in [0.5, 0.6) is 5.75 Å². The largest absolute Gasteiger partial charge is 0.398 e. The molecule has 0 heterocycles. The molecule has 3 aromatic rings. The minimum Gasteiger partial charge on any atom is -0.398 e. The minimum absolute atomic E-state index is 0.0541. The summed E-state index contributed by atoms with van der Waals surface area (Å²) >= 11 is -2.36. The van der Waals surface area contributed by atoms with E-state index in [1.807, 2.05) is 6.92 Å². The molecule has 142 valence electrons. The number of anilines is 2. The van der Waals surface area contributed by atoms with Gasteiger partial charge in [0.05, 0.1) is 16.8 Å². The quantitative estimate of drug-likeness (QED) is 0.233.